The normalized spacial score (nSPS) is 27.1. The average molecular weight is 455 g/mol. The summed E-state index contributed by atoms with van der Waals surface area (Å²) < 4.78 is 61.7. The molecule has 0 saturated heterocycles. The molecule has 32 heavy (non-hydrogen) atoms. The minimum atomic E-state index is -4.76. The molecule has 0 aromatic heterocycles. The van der Waals surface area contributed by atoms with E-state index < -0.39 is 17.6 Å². The molecule has 2 aliphatic carbocycles. The fourth-order valence-electron chi connectivity index (χ4n) is 5.44. The van der Waals surface area contributed by atoms with Gasteiger partial charge in [0.2, 0.25) is 0 Å². The third-order valence-corrected chi connectivity index (χ3v) is 7.58. The van der Waals surface area contributed by atoms with Crippen molar-refractivity contribution in [3.8, 4) is 5.75 Å². The quantitative estimate of drug-likeness (QED) is 0.356. The highest BCUT2D eigenvalue weighted by molar-refractivity contribution is 5.57. The van der Waals surface area contributed by atoms with E-state index in [9.17, 15) is 17.6 Å². The zero-order valence-electron chi connectivity index (χ0n) is 19.5. The Hall–Kier alpha value is -1.52. The van der Waals surface area contributed by atoms with Gasteiger partial charge >= 0.3 is 6.18 Å². The molecule has 0 aliphatic heterocycles. The highest BCUT2D eigenvalue weighted by atomic mass is 19.4. The fourth-order valence-corrected chi connectivity index (χ4v) is 5.44. The highest BCUT2D eigenvalue weighted by Gasteiger charge is 2.38. The molecule has 2 saturated carbocycles. The van der Waals surface area contributed by atoms with Crippen molar-refractivity contribution in [1.29, 1.82) is 0 Å². The predicted octanol–water partition coefficient (Wildman–Crippen LogP) is 9.06. The zero-order chi connectivity index (χ0) is 23.1. The molecule has 5 heteroatoms. The summed E-state index contributed by atoms with van der Waals surface area (Å²) in [6.45, 7) is 4.65. The molecule has 0 N–H and O–H groups in total. The largest absolute Gasteiger partial charge is 0.490 e. The van der Waals surface area contributed by atoms with E-state index in [1.807, 2.05) is 6.08 Å². The molecule has 1 aromatic carbocycles. The standard InChI is InChI=1S/C27H38F4O/c1-3-5-20-10-12-22(13-11-20)18-32-24-17-16-23(25(26(24)28)27(29,30)31)15-14-21-8-6-19(4-2)7-9-21/h14-17,19-22H,3-13,18H2,1-2H3. The van der Waals surface area contributed by atoms with Gasteiger partial charge in [0, 0.05) is 0 Å². The van der Waals surface area contributed by atoms with Gasteiger partial charge < -0.3 is 4.74 Å². The maximum absolute atomic E-state index is 14.9. The summed E-state index contributed by atoms with van der Waals surface area (Å²) in [6.07, 6.45) is 10.5. The van der Waals surface area contributed by atoms with Gasteiger partial charge in [0.1, 0.15) is 5.56 Å². The minimum Gasteiger partial charge on any atom is -0.490 e. The number of alkyl halides is 3. The highest BCUT2D eigenvalue weighted by Crippen LogP contribution is 2.40. The van der Waals surface area contributed by atoms with E-state index in [4.69, 9.17) is 4.74 Å². The van der Waals surface area contributed by atoms with Crippen molar-refractivity contribution >= 4 is 6.08 Å². The van der Waals surface area contributed by atoms with Crippen molar-refractivity contribution in [2.75, 3.05) is 6.61 Å². The van der Waals surface area contributed by atoms with E-state index in [1.165, 1.54) is 31.1 Å². The number of ether oxygens (including phenoxy) is 1. The van der Waals surface area contributed by atoms with Crippen LogP contribution >= 0.6 is 0 Å². The Labute approximate surface area is 190 Å². The van der Waals surface area contributed by atoms with Crippen molar-refractivity contribution < 1.29 is 22.3 Å². The van der Waals surface area contributed by atoms with Crippen LogP contribution in [0.3, 0.4) is 0 Å². The smallest absolute Gasteiger partial charge is 0.419 e. The Morgan fingerprint density at radius 3 is 2.12 bits per heavy atom. The summed E-state index contributed by atoms with van der Waals surface area (Å²) in [6, 6.07) is 2.72. The fraction of sp³-hybridized carbons (Fsp3) is 0.704. The van der Waals surface area contributed by atoms with Crippen molar-refractivity contribution in [2.45, 2.75) is 90.7 Å². The molecule has 0 heterocycles. The second-order valence-corrected chi connectivity index (χ2v) is 9.87. The maximum atomic E-state index is 14.9. The number of allylic oxidation sites excluding steroid dienone is 1. The first-order chi connectivity index (χ1) is 15.3. The lowest BCUT2D eigenvalue weighted by atomic mass is 9.80. The number of hydrogen-bond acceptors (Lipinski definition) is 1. The second-order valence-electron chi connectivity index (χ2n) is 9.87. The molecular weight excluding hydrogens is 416 g/mol. The van der Waals surface area contributed by atoms with E-state index in [1.54, 1.807) is 0 Å². The Kier molecular flexibility index (Phi) is 9.07. The Bertz CT molecular complexity index is 739. The van der Waals surface area contributed by atoms with Crippen LogP contribution in [0.4, 0.5) is 17.6 Å². The molecule has 0 bridgehead atoms. The molecule has 2 fully saturated rings. The van der Waals surface area contributed by atoms with Crippen LogP contribution in [0.15, 0.2) is 18.2 Å². The zero-order valence-corrected chi connectivity index (χ0v) is 19.5. The lowest BCUT2D eigenvalue weighted by Crippen LogP contribution is -2.21. The molecule has 0 unspecified atom stereocenters. The third-order valence-electron chi connectivity index (χ3n) is 7.58. The van der Waals surface area contributed by atoms with Crippen molar-refractivity contribution in [1.82, 2.24) is 0 Å². The predicted molar refractivity (Wildman–Crippen MR) is 122 cm³/mol. The molecule has 0 atom stereocenters. The van der Waals surface area contributed by atoms with Gasteiger partial charge in [-0.05, 0) is 73.8 Å². The Morgan fingerprint density at radius 1 is 0.906 bits per heavy atom. The molecule has 0 spiro atoms. The van der Waals surface area contributed by atoms with E-state index in [-0.39, 0.29) is 29.8 Å². The monoisotopic (exact) mass is 454 g/mol. The Morgan fingerprint density at radius 2 is 1.53 bits per heavy atom. The molecule has 1 aromatic rings. The summed E-state index contributed by atoms with van der Waals surface area (Å²) in [5.41, 5.74) is -1.32. The van der Waals surface area contributed by atoms with Crippen LogP contribution in [0.25, 0.3) is 6.08 Å². The molecule has 0 radical (unpaired) electrons. The molecular formula is C27H38F4O. The summed E-state index contributed by atoms with van der Waals surface area (Å²) in [5.74, 6) is 0.451. The molecule has 2 aliphatic rings. The van der Waals surface area contributed by atoms with Crippen LogP contribution in [0.2, 0.25) is 0 Å². The third kappa shape index (κ3) is 6.74. The molecule has 0 amide bonds. The number of hydrogen-bond donors (Lipinski definition) is 0. The maximum Gasteiger partial charge on any atom is 0.419 e. The van der Waals surface area contributed by atoms with Gasteiger partial charge in [-0.2, -0.15) is 13.2 Å². The molecule has 180 valence electrons. The van der Waals surface area contributed by atoms with Crippen molar-refractivity contribution in [3.63, 3.8) is 0 Å². The minimum absolute atomic E-state index is 0.111. The lowest BCUT2D eigenvalue weighted by molar-refractivity contribution is -0.140. The topological polar surface area (TPSA) is 9.23 Å². The van der Waals surface area contributed by atoms with Crippen LogP contribution < -0.4 is 4.74 Å². The lowest BCUT2D eigenvalue weighted by Gasteiger charge is -2.28. The van der Waals surface area contributed by atoms with Crippen LogP contribution in [0, 0.1) is 29.5 Å². The van der Waals surface area contributed by atoms with Crippen molar-refractivity contribution in [3.05, 3.63) is 35.2 Å². The summed E-state index contributed by atoms with van der Waals surface area (Å²) in [4.78, 5) is 0. The van der Waals surface area contributed by atoms with Gasteiger partial charge in [0.05, 0.1) is 6.61 Å². The van der Waals surface area contributed by atoms with Gasteiger partial charge in [0.15, 0.2) is 11.6 Å². The van der Waals surface area contributed by atoms with E-state index in [2.05, 4.69) is 13.8 Å². The van der Waals surface area contributed by atoms with Gasteiger partial charge in [-0.15, -0.1) is 0 Å². The summed E-state index contributed by atoms with van der Waals surface area (Å²) >= 11 is 0. The first kappa shape index (κ1) is 25.1. The van der Waals surface area contributed by atoms with E-state index in [0.29, 0.717) is 0 Å². The van der Waals surface area contributed by atoms with Gasteiger partial charge in [-0.3, -0.25) is 0 Å². The molecule has 3 rings (SSSR count). The van der Waals surface area contributed by atoms with Crippen molar-refractivity contribution in [2.24, 2.45) is 23.7 Å². The van der Waals surface area contributed by atoms with Gasteiger partial charge in [-0.1, -0.05) is 64.2 Å². The Balaban J connectivity index is 1.66. The molecule has 1 nitrogen and oxygen atoms in total. The first-order valence-corrected chi connectivity index (χ1v) is 12.5. The summed E-state index contributed by atoms with van der Waals surface area (Å²) in [5, 5.41) is 0. The second kappa shape index (κ2) is 11.6. The number of halogens is 4. The van der Waals surface area contributed by atoms with Gasteiger partial charge in [0.25, 0.3) is 0 Å². The van der Waals surface area contributed by atoms with E-state index in [0.717, 1.165) is 69.6 Å². The number of benzene rings is 1. The van der Waals surface area contributed by atoms with Crippen LogP contribution in [0.1, 0.15) is 95.6 Å². The van der Waals surface area contributed by atoms with E-state index >= 15 is 0 Å². The number of rotatable bonds is 8. The van der Waals surface area contributed by atoms with Gasteiger partial charge in [-0.25, -0.2) is 4.39 Å². The SMILES string of the molecule is CCCC1CCC(COc2ccc(C=CC3CCC(CC)CC3)c(C(F)(F)F)c2F)CC1. The van der Waals surface area contributed by atoms with Crippen LogP contribution in [-0.4, -0.2) is 6.61 Å². The van der Waals surface area contributed by atoms with Crippen LogP contribution in [-0.2, 0) is 6.18 Å². The average Bonchev–Trinajstić information content (AvgIpc) is 2.77. The summed E-state index contributed by atoms with van der Waals surface area (Å²) in [7, 11) is 0. The van der Waals surface area contributed by atoms with Crippen LogP contribution in [0.5, 0.6) is 5.75 Å². The first-order valence-electron chi connectivity index (χ1n) is 12.5.